The second-order valence-corrected chi connectivity index (χ2v) is 5.56. The van der Waals surface area contributed by atoms with E-state index in [-0.39, 0.29) is 6.54 Å². The SMILES string of the molecule is Cc1ccc(C(CN)(Cc2ccccc2C)C(=O)O)cc1. The number of carboxylic acids is 1. The Balaban J connectivity index is 2.50. The van der Waals surface area contributed by atoms with Gasteiger partial charge in [-0.1, -0.05) is 54.1 Å². The zero-order chi connectivity index (χ0) is 15.5. The molecule has 0 heterocycles. The van der Waals surface area contributed by atoms with Gasteiger partial charge in [-0.2, -0.15) is 0 Å². The Hall–Kier alpha value is -2.13. The minimum atomic E-state index is -1.08. The molecule has 3 heteroatoms. The quantitative estimate of drug-likeness (QED) is 0.887. The molecule has 3 N–H and O–H groups in total. The fraction of sp³-hybridized carbons (Fsp3) is 0.278. The zero-order valence-electron chi connectivity index (χ0n) is 12.5. The average Bonchev–Trinajstić information content (AvgIpc) is 2.47. The van der Waals surface area contributed by atoms with Crippen molar-refractivity contribution in [3.63, 3.8) is 0 Å². The minimum Gasteiger partial charge on any atom is -0.481 e. The van der Waals surface area contributed by atoms with Crippen LogP contribution < -0.4 is 5.73 Å². The lowest BCUT2D eigenvalue weighted by Gasteiger charge is -2.29. The molecule has 0 amide bonds. The summed E-state index contributed by atoms with van der Waals surface area (Å²) in [5.41, 5.74) is 8.78. The van der Waals surface area contributed by atoms with E-state index in [4.69, 9.17) is 5.73 Å². The topological polar surface area (TPSA) is 63.3 Å². The summed E-state index contributed by atoms with van der Waals surface area (Å²) in [6.45, 7) is 4.04. The summed E-state index contributed by atoms with van der Waals surface area (Å²) in [5.74, 6) is -0.878. The number of aryl methyl sites for hydroxylation is 2. The van der Waals surface area contributed by atoms with Crippen LogP contribution in [0.3, 0.4) is 0 Å². The van der Waals surface area contributed by atoms with E-state index >= 15 is 0 Å². The molecule has 1 atom stereocenters. The van der Waals surface area contributed by atoms with Crippen LogP contribution in [0, 0.1) is 13.8 Å². The van der Waals surface area contributed by atoms with Crippen LogP contribution in [0.2, 0.25) is 0 Å². The molecule has 0 aromatic heterocycles. The third-order valence-corrected chi connectivity index (χ3v) is 4.12. The van der Waals surface area contributed by atoms with E-state index < -0.39 is 11.4 Å². The van der Waals surface area contributed by atoms with Gasteiger partial charge in [0.15, 0.2) is 0 Å². The van der Waals surface area contributed by atoms with Crippen molar-refractivity contribution in [2.75, 3.05) is 6.54 Å². The van der Waals surface area contributed by atoms with Crippen LogP contribution in [-0.4, -0.2) is 17.6 Å². The van der Waals surface area contributed by atoms with Gasteiger partial charge in [0.2, 0.25) is 0 Å². The van der Waals surface area contributed by atoms with Crippen LogP contribution >= 0.6 is 0 Å². The van der Waals surface area contributed by atoms with Crippen molar-refractivity contribution in [1.29, 1.82) is 0 Å². The number of rotatable bonds is 5. The lowest BCUT2D eigenvalue weighted by Crippen LogP contribution is -2.45. The lowest BCUT2D eigenvalue weighted by molar-refractivity contribution is -0.143. The molecule has 0 bridgehead atoms. The fourth-order valence-electron chi connectivity index (χ4n) is 2.58. The summed E-state index contributed by atoms with van der Waals surface area (Å²) in [4.78, 5) is 12.0. The van der Waals surface area contributed by atoms with Crippen molar-refractivity contribution in [3.8, 4) is 0 Å². The van der Waals surface area contributed by atoms with Crippen LogP contribution in [0.15, 0.2) is 48.5 Å². The van der Waals surface area contributed by atoms with Gasteiger partial charge in [0, 0.05) is 6.54 Å². The van der Waals surface area contributed by atoms with E-state index in [2.05, 4.69) is 0 Å². The second-order valence-electron chi connectivity index (χ2n) is 5.56. The highest BCUT2D eigenvalue weighted by Crippen LogP contribution is 2.29. The first-order valence-electron chi connectivity index (χ1n) is 7.05. The third-order valence-electron chi connectivity index (χ3n) is 4.12. The molecular weight excluding hydrogens is 262 g/mol. The van der Waals surface area contributed by atoms with Crippen LogP contribution in [0.1, 0.15) is 22.3 Å². The third kappa shape index (κ3) is 2.98. The summed E-state index contributed by atoms with van der Waals surface area (Å²) >= 11 is 0. The summed E-state index contributed by atoms with van der Waals surface area (Å²) in [7, 11) is 0. The van der Waals surface area contributed by atoms with E-state index in [1.165, 1.54) is 0 Å². The molecule has 2 aromatic carbocycles. The zero-order valence-corrected chi connectivity index (χ0v) is 12.5. The van der Waals surface area contributed by atoms with Crippen LogP contribution in [0.25, 0.3) is 0 Å². The highest BCUT2D eigenvalue weighted by molar-refractivity contribution is 5.82. The monoisotopic (exact) mass is 283 g/mol. The highest BCUT2D eigenvalue weighted by atomic mass is 16.4. The fourth-order valence-corrected chi connectivity index (χ4v) is 2.58. The Morgan fingerprint density at radius 2 is 1.71 bits per heavy atom. The molecule has 1 unspecified atom stereocenters. The lowest BCUT2D eigenvalue weighted by atomic mass is 9.74. The van der Waals surface area contributed by atoms with Gasteiger partial charge in [-0.25, -0.2) is 0 Å². The first kappa shape index (κ1) is 15.3. The maximum absolute atomic E-state index is 12.0. The number of hydrogen-bond donors (Lipinski definition) is 2. The maximum atomic E-state index is 12.0. The van der Waals surface area contributed by atoms with Gasteiger partial charge in [-0.3, -0.25) is 4.79 Å². The molecule has 2 aromatic rings. The number of benzene rings is 2. The molecule has 0 radical (unpaired) electrons. The van der Waals surface area contributed by atoms with E-state index in [9.17, 15) is 9.90 Å². The van der Waals surface area contributed by atoms with Crippen molar-refractivity contribution >= 4 is 5.97 Å². The summed E-state index contributed by atoms with van der Waals surface area (Å²) < 4.78 is 0. The van der Waals surface area contributed by atoms with E-state index in [0.29, 0.717) is 6.42 Å². The molecule has 0 fully saturated rings. The molecule has 0 saturated carbocycles. The van der Waals surface area contributed by atoms with Crippen LogP contribution in [0.5, 0.6) is 0 Å². The van der Waals surface area contributed by atoms with Gasteiger partial charge in [-0.05, 0) is 37.0 Å². The highest BCUT2D eigenvalue weighted by Gasteiger charge is 2.39. The Morgan fingerprint density at radius 3 is 2.24 bits per heavy atom. The molecule has 21 heavy (non-hydrogen) atoms. The number of hydrogen-bond acceptors (Lipinski definition) is 2. The van der Waals surface area contributed by atoms with Gasteiger partial charge in [-0.15, -0.1) is 0 Å². The Bertz CT molecular complexity index is 634. The van der Waals surface area contributed by atoms with Crippen molar-refractivity contribution < 1.29 is 9.90 Å². The molecule has 2 rings (SSSR count). The predicted octanol–water partition coefficient (Wildman–Crippen LogP) is 2.83. The predicted molar refractivity (Wildman–Crippen MR) is 84.4 cm³/mol. The molecule has 0 aliphatic heterocycles. The van der Waals surface area contributed by atoms with Crippen molar-refractivity contribution in [2.45, 2.75) is 25.7 Å². The normalized spacial score (nSPS) is 13.7. The van der Waals surface area contributed by atoms with E-state index in [1.54, 1.807) is 0 Å². The van der Waals surface area contributed by atoms with Gasteiger partial charge < -0.3 is 10.8 Å². The Labute approximate surface area is 125 Å². The number of aliphatic carboxylic acids is 1. The first-order valence-corrected chi connectivity index (χ1v) is 7.05. The number of carbonyl (C=O) groups is 1. The molecule has 3 nitrogen and oxygen atoms in total. The molecule has 0 aliphatic carbocycles. The van der Waals surface area contributed by atoms with Gasteiger partial charge in [0.05, 0.1) is 0 Å². The van der Waals surface area contributed by atoms with Gasteiger partial charge >= 0.3 is 5.97 Å². The molecular formula is C18H21NO2. The van der Waals surface area contributed by atoms with Crippen molar-refractivity contribution in [1.82, 2.24) is 0 Å². The van der Waals surface area contributed by atoms with Crippen molar-refractivity contribution in [2.24, 2.45) is 5.73 Å². The summed E-state index contributed by atoms with van der Waals surface area (Å²) in [6.07, 6.45) is 0.397. The number of carboxylic acid groups (broad SMARTS) is 1. The maximum Gasteiger partial charge on any atom is 0.315 e. The smallest absolute Gasteiger partial charge is 0.315 e. The average molecular weight is 283 g/mol. The standard InChI is InChI=1S/C18H21NO2/c1-13-7-9-16(10-8-13)18(12-19,17(20)21)11-15-6-4-3-5-14(15)2/h3-10H,11-12,19H2,1-2H3,(H,20,21). The Kier molecular flexibility index (Phi) is 4.43. The summed E-state index contributed by atoms with van der Waals surface area (Å²) in [6, 6.07) is 15.4. The van der Waals surface area contributed by atoms with Crippen LogP contribution in [0.4, 0.5) is 0 Å². The Morgan fingerprint density at radius 1 is 1.10 bits per heavy atom. The van der Waals surface area contributed by atoms with Crippen molar-refractivity contribution in [3.05, 3.63) is 70.8 Å². The van der Waals surface area contributed by atoms with Crippen LogP contribution in [-0.2, 0) is 16.6 Å². The second kappa shape index (κ2) is 6.10. The molecule has 110 valence electrons. The largest absolute Gasteiger partial charge is 0.481 e. The minimum absolute atomic E-state index is 0.0692. The van der Waals surface area contributed by atoms with E-state index in [0.717, 1.165) is 22.3 Å². The molecule has 0 aliphatic rings. The first-order chi connectivity index (χ1) is 9.99. The summed E-state index contributed by atoms with van der Waals surface area (Å²) in [5, 5.41) is 9.82. The molecule has 0 saturated heterocycles. The van der Waals surface area contributed by atoms with Gasteiger partial charge in [0.25, 0.3) is 0 Å². The molecule has 0 spiro atoms. The van der Waals surface area contributed by atoms with E-state index in [1.807, 2.05) is 62.4 Å². The number of nitrogens with two attached hydrogens (primary N) is 1. The van der Waals surface area contributed by atoms with Gasteiger partial charge in [0.1, 0.15) is 5.41 Å².